The Balaban J connectivity index is 1.98. The van der Waals surface area contributed by atoms with Crippen LogP contribution in [0.1, 0.15) is 12.5 Å². The monoisotopic (exact) mass is 230 g/mol. The fourth-order valence-electron chi connectivity index (χ4n) is 1.63. The summed E-state index contributed by atoms with van der Waals surface area (Å²) in [4.78, 5) is 0. The van der Waals surface area contributed by atoms with Crippen molar-refractivity contribution < 1.29 is 0 Å². The molecule has 1 heterocycles. The fraction of sp³-hybridized carbons (Fsp3) is 0.308. The van der Waals surface area contributed by atoms with Gasteiger partial charge in [0.1, 0.15) is 0 Å². The second-order valence-electron chi connectivity index (χ2n) is 4.18. The summed E-state index contributed by atoms with van der Waals surface area (Å²) in [6.45, 7) is 3.51. The third kappa shape index (κ3) is 3.32. The Morgan fingerprint density at radius 2 is 2.12 bits per heavy atom. The van der Waals surface area contributed by atoms with Gasteiger partial charge in [-0.25, -0.2) is 0 Å². The maximum absolute atomic E-state index is 5.57. The van der Waals surface area contributed by atoms with Crippen molar-refractivity contribution in [2.24, 2.45) is 5.73 Å². The first-order chi connectivity index (χ1) is 8.28. The van der Waals surface area contributed by atoms with Gasteiger partial charge >= 0.3 is 0 Å². The van der Waals surface area contributed by atoms with Crippen LogP contribution in [0.15, 0.2) is 42.7 Å². The predicted octanol–water partition coefficient (Wildman–Crippen LogP) is 1.69. The Bertz CT molecular complexity index is 433. The van der Waals surface area contributed by atoms with Gasteiger partial charge in [0.15, 0.2) is 0 Å². The molecule has 0 aliphatic rings. The molecule has 0 fully saturated rings. The molecule has 0 saturated heterocycles. The molecule has 3 N–H and O–H groups in total. The van der Waals surface area contributed by atoms with Crippen LogP contribution >= 0.6 is 0 Å². The molecule has 1 aromatic heterocycles. The number of rotatable bonds is 5. The van der Waals surface area contributed by atoms with Gasteiger partial charge in [0.05, 0.1) is 6.54 Å². The van der Waals surface area contributed by atoms with E-state index in [0.717, 1.165) is 12.2 Å². The van der Waals surface area contributed by atoms with Crippen LogP contribution in [0.3, 0.4) is 0 Å². The Hall–Kier alpha value is -1.81. The number of hydrogen-bond donors (Lipinski definition) is 2. The van der Waals surface area contributed by atoms with E-state index in [2.05, 4.69) is 41.6 Å². The lowest BCUT2D eigenvalue weighted by Gasteiger charge is -2.13. The van der Waals surface area contributed by atoms with Crippen LogP contribution in [0.25, 0.3) is 0 Å². The van der Waals surface area contributed by atoms with Crippen LogP contribution in [-0.2, 0) is 6.54 Å². The minimum Gasteiger partial charge on any atom is -0.381 e. The third-order valence-corrected chi connectivity index (χ3v) is 2.62. The average Bonchev–Trinajstić information content (AvgIpc) is 2.84. The first-order valence-electron chi connectivity index (χ1n) is 5.81. The van der Waals surface area contributed by atoms with E-state index in [9.17, 15) is 0 Å². The van der Waals surface area contributed by atoms with Gasteiger partial charge in [-0.3, -0.25) is 4.68 Å². The molecule has 4 heteroatoms. The van der Waals surface area contributed by atoms with Crippen LogP contribution in [-0.4, -0.2) is 22.4 Å². The van der Waals surface area contributed by atoms with Crippen LogP contribution < -0.4 is 11.1 Å². The summed E-state index contributed by atoms with van der Waals surface area (Å²) in [7, 11) is 0. The summed E-state index contributed by atoms with van der Waals surface area (Å²) in [6, 6.07) is 10.6. The van der Waals surface area contributed by atoms with Crippen molar-refractivity contribution in [3.05, 3.63) is 48.3 Å². The molecule has 90 valence electrons. The summed E-state index contributed by atoms with van der Waals surface area (Å²) >= 11 is 0. The summed E-state index contributed by atoms with van der Waals surface area (Å²) in [5, 5.41) is 7.51. The highest BCUT2D eigenvalue weighted by molar-refractivity contribution is 5.45. The van der Waals surface area contributed by atoms with Crippen molar-refractivity contribution in [1.82, 2.24) is 9.78 Å². The van der Waals surface area contributed by atoms with Crippen molar-refractivity contribution in [3.63, 3.8) is 0 Å². The molecular formula is C13H18N4. The summed E-state index contributed by atoms with van der Waals surface area (Å²) in [5.41, 5.74) is 7.91. The van der Waals surface area contributed by atoms with E-state index in [1.54, 1.807) is 6.20 Å². The summed E-state index contributed by atoms with van der Waals surface area (Å²) in [6.07, 6.45) is 3.75. The van der Waals surface area contributed by atoms with Gasteiger partial charge in [0, 0.05) is 30.7 Å². The zero-order valence-electron chi connectivity index (χ0n) is 10.0. The van der Waals surface area contributed by atoms with Crippen LogP contribution in [0, 0.1) is 0 Å². The number of nitrogens with one attached hydrogen (secondary N) is 1. The zero-order valence-corrected chi connectivity index (χ0v) is 10.0. The van der Waals surface area contributed by atoms with E-state index in [4.69, 9.17) is 5.73 Å². The van der Waals surface area contributed by atoms with Crippen LogP contribution in [0.4, 0.5) is 5.69 Å². The highest BCUT2D eigenvalue weighted by Gasteiger charge is 1.99. The average molecular weight is 230 g/mol. The second kappa shape index (κ2) is 5.50. The van der Waals surface area contributed by atoms with E-state index in [0.29, 0.717) is 12.6 Å². The molecule has 17 heavy (non-hydrogen) atoms. The number of benzene rings is 1. The smallest absolute Gasteiger partial charge is 0.0659 e. The molecule has 4 nitrogen and oxygen atoms in total. The first kappa shape index (κ1) is 11.7. The molecule has 1 atom stereocenters. The van der Waals surface area contributed by atoms with Gasteiger partial charge < -0.3 is 11.1 Å². The van der Waals surface area contributed by atoms with Gasteiger partial charge in [-0.15, -0.1) is 0 Å². The van der Waals surface area contributed by atoms with Crippen molar-refractivity contribution >= 4 is 5.69 Å². The Kier molecular flexibility index (Phi) is 3.77. The number of aromatic nitrogens is 2. The van der Waals surface area contributed by atoms with Gasteiger partial charge in [-0.05, 0) is 30.7 Å². The largest absolute Gasteiger partial charge is 0.381 e. The third-order valence-electron chi connectivity index (χ3n) is 2.62. The van der Waals surface area contributed by atoms with Crippen molar-refractivity contribution in [2.45, 2.75) is 19.5 Å². The van der Waals surface area contributed by atoms with E-state index >= 15 is 0 Å². The molecule has 0 spiro atoms. The molecule has 1 aromatic carbocycles. The van der Waals surface area contributed by atoms with Gasteiger partial charge in [-0.1, -0.05) is 12.1 Å². The number of anilines is 1. The molecule has 0 saturated carbocycles. The lowest BCUT2D eigenvalue weighted by atomic mass is 10.2. The SMILES string of the molecule is CC(CN)Nc1ccc(Cn2cccn2)cc1. The number of nitrogens with two attached hydrogens (primary N) is 1. The lowest BCUT2D eigenvalue weighted by Crippen LogP contribution is -2.25. The molecule has 2 rings (SSSR count). The first-order valence-corrected chi connectivity index (χ1v) is 5.81. The fourth-order valence-corrected chi connectivity index (χ4v) is 1.63. The van der Waals surface area contributed by atoms with Crippen LogP contribution in [0.5, 0.6) is 0 Å². The highest BCUT2D eigenvalue weighted by Crippen LogP contribution is 2.11. The number of hydrogen-bond acceptors (Lipinski definition) is 3. The summed E-state index contributed by atoms with van der Waals surface area (Å²) in [5.74, 6) is 0. The summed E-state index contributed by atoms with van der Waals surface area (Å²) < 4.78 is 1.91. The molecule has 0 bridgehead atoms. The maximum Gasteiger partial charge on any atom is 0.0659 e. The van der Waals surface area contributed by atoms with Crippen LogP contribution in [0.2, 0.25) is 0 Å². The molecular weight excluding hydrogens is 212 g/mol. The van der Waals surface area contributed by atoms with Crippen molar-refractivity contribution in [1.29, 1.82) is 0 Å². The van der Waals surface area contributed by atoms with Gasteiger partial charge in [-0.2, -0.15) is 5.10 Å². The minimum atomic E-state index is 0.298. The highest BCUT2D eigenvalue weighted by atomic mass is 15.3. The standard InChI is InChI=1S/C13H18N4/c1-11(9-14)16-13-5-3-12(4-6-13)10-17-8-2-7-15-17/h2-8,11,16H,9-10,14H2,1H3. The lowest BCUT2D eigenvalue weighted by molar-refractivity contribution is 0.687. The maximum atomic E-state index is 5.57. The van der Waals surface area contributed by atoms with Gasteiger partial charge in [0.25, 0.3) is 0 Å². The zero-order chi connectivity index (χ0) is 12.1. The van der Waals surface area contributed by atoms with Crippen molar-refractivity contribution in [2.75, 3.05) is 11.9 Å². The molecule has 1 unspecified atom stereocenters. The second-order valence-corrected chi connectivity index (χ2v) is 4.18. The quantitative estimate of drug-likeness (QED) is 0.822. The Labute approximate surface area is 101 Å². The van der Waals surface area contributed by atoms with E-state index in [1.165, 1.54) is 5.56 Å². The molecule has 2 aromatic rings. The molecule has 0 aliphatic carbocycles. The molecule has 0 radical (unpaired) electrons. The minimum absolute atomic E-state index is 0.298. The molecule has 0 aliphatic heterocycles. The molecule has 0 amide bonds. The van der Waals surface area contributed by atoms with Crippen molar-refractivity contribution in [3.8, 4) is 0 Å². The normalized spacial score (nSPS) is 12.4. The topological polar surface area (TPSA) is 55.9 Å². The predicted molar refractivity (Wildman–Crippen MR) is 69.9 cm³/mol. The van der Waals surface area contributed by atoms with E-state index in [-0.39, 0.29) is 0 Å². The Morgan fingerprint density at radius 1 is 1.35 bits per heavy atom. The van der Waals surface area contributed by atoms with Gasteiger partial charge in [0.2, 0.25) is 0 Å². The Morgan fingerprint density at radius 3 is 2.71 bits per heavy atom. The number of nitrogens with zero attached hydrogens (tertiary/aromatic N) is 2. The van der Waals surface area contributed by atoms with E-state index < -0.39 is 0 Å². The van der Waals surface area contributed by atoms with E-state index in [1.807, 2.05) is 16.9 Å².